The maximum absolute atomic E-state index is 10.9. The van der Waals surface area contributed by atoms with Crippen molar-refractivity contribution in [1.29, 1.82) is 0 Å². The number of allylic oxidation sites excluding steroid dienone is 1. The normalized spacial score (nSPS) is 11.1. The first-order valence-electron chi connectivity index (χ1n) is 6.74. The summed E-state index contributed by atoms with van der Waals surface area (Å²) in [6.07, 6.45) is 1.92. The van der Waals surface area contributed by atoms with E-state index in [1.54, 1.807) is 26.4 Å². The number of rotatable bonds is 5. The molecule has 0 N–H and O–H groups in total. The van der Waals surface area contributed by atoms with Crippen LogP contribution in [0.2, 0.25) is 0 Å². The summed E-state index contributed by atoms with van der Waals surface area (Å²) >= 11 is 0. The molecule has 0 bridgehead atoms. The predicted molar refractivity (Wildman–Crippen MR) is 85.4 cm³/mol. The van der Waals surface area contributed by atoms with Crippen molar-refractivity contribution < 1.29 is 14.4 Å². The average Bonchev–Trinajstić information content (AvgIpc) is 2.55. The Kier molecular flexibility index (Phi) is 4.78. The van der Waals surface area contributed by atoms with Crippen molar-refractivity contribution >= 4 is 11.3 Å². The van der Waals surface area contributed by atoms with E-state index >= 15 is 0 Å². The Morgan fingerprint density at radius 1 is 1.05 bits per heavy atom. The summed E-state index contributed by atoms with van der Waals surface area (Å²) < 4.78 is 10.5. The van der Waals surface area contributed by atoms with Crippen molar-refractivity contribution in [2.75, 3.05) is 14.2 Å². The van der Waals surface area contributed by atoms with Crippen LogP contribution in [0.3, 0.4) is 0 Å². The number of methoxy groups -OCH3 is 2. The van der Waals surface area contributed by atoms with Crippen LogP contribution in [-0.4, -0.2) is 19.1 Å². The zero-order chi connectivity index (χ0) is 16.1. The molecule has 0 radical (unpaired) electrons. The molecule has 5 nitrogen and oxygen atoms in total. The first kappa shape index (κ1) is 15.6. The van der Waals surface area contributed by atoms with Crippen LogP contribution in [0.4, 0.5) is 5.69 Å². The minimum absolute atomic E-state index is 0.0670. The van der Waals surface area contributed by atoms with Gasteiger partial charge in [0.05, 0.1) is 19.1 Å². The Bertz CT molecular complexity index is 722. The van der Waals surface area contributed by atoms with Crippen molar-refractivity contribution in [1.82, 2.24) is 0 Å². The first-order chi connectivity index (χ1) is 10.6. The summed E-state index contributed by atoms with van der Waals surface area (Å²) in [6.45, 7) is 1.89. The summed E-state index contributed by atoms with van der Waals surface area (Å²) in [6, 6.07) is 12.1. The van der Waals surface area contributed by atoms with E-state index in [4.69, 9.17) is 9.47 Å². The molecule has 22 heavy (non-hydrogen) atoms. The summed E-state index contributed by atoms with van der Waals surface area (Å²) in [5, 5.41) is 10.9. The number of nitro benzene ring substituents is 1. The van der Waals surface area contributed by atoms with E-state index in [0.717, 1.165) is 16.7 Å². The highest BCUT2D eigenvalue weighted by Gasteiger charge is 2.12. The SMILES string of the molecule is CC=C(c1cccc([N+](=O)[O-])c1)c1ccc(OC)c(OC)c1. The second kappa shape index (κ2) is 6.76. The fourth-order valence-corrected chi connectivity index (χ4v) is 2.29. The Balaban J connectivity index is 2.49. The topological polar surface area (TPSA) is 61.6 Å². The molecule has 0 unspecified atom stereocenters. The lowest BCUT2D eigenvalue weighted by Crippen LogP contribution is -1.94. The third-order valence-electron chi connectivity index (χ3n) is 3.35. The summed E-state index contributed by atoms with van der Waals surface area (Å²) in [7, 11) is 3.15. The van der Waals surface area contributed by atoms with Crippen LogP contribution >= 0.6 is 0 Å². The lowest BCUT2D eigenvalue weighted by atomic mass is 9.97. The molecule has 0 spiro atoms. The quantitative estimate of drug-likeness (QED) is 0.617. The molecule has 0 saturated carbocycles. The first-order valence-corrected chi connectivity index (χ1v) is 6.74. The number of hydrogen-bond acceptors (Lipinski definition) is 4. The van der Waals surface area contributed by atoms with Crippen LogP contribution in [0, 0.1) is 10.1 Å². The van der Waals surface area contributed by atoms with Gasteiger partial charge in [0.15, 0.2) is 11.5 Å². The van der Waals surface area contributed by atoms with E-state index < -0.39 is 4.92 Å². The summed E-state index contributed by atoms with van der Waals surface area (Å²) in [4.78, 5) is 10.5. The molecular weight excluding hydrogens is 282 g/mol. The van der Waals surface area contributed by atoms with Gasteiger partial charge in [-0.25, -0.2) is 0 Å². The number of nitrogens with zero attached hydrogens (tertiary/aromatic N) is 1. The van der Waals surface area contributed by atoms with E-state index in [9.17, 15) is 10.1 Å². The monoisotopic (exact) mass is 299 g/mol. The van der Waals surface area contributed by atoms with Gasteiger partial charge in [0, 0.05) is 12.1 Å². The molecule has 5 heteroatoms. The van der Waals surface area contributed by atoms with Crippen LogP contribution in [0.25, 0.3) is 5.57 Å². The highest BCUT2D eigenvalue weighted by atomic mass is 16.6. The predicted octanol–water partition coefficient (Wildman–Crippen LogP) is 4.06. The van der Waals surface area contributed by atoms with Crippen molar-refractivity contribution in [2.24, 2.45) is 0 Å². The van der Waals surface area contributed by atoms with Crippen molar-refractivity contribution in [3.05, 3.63) is 69.8 Å². The molecule has 0 aliphatic carbocycles. The molecule has 0 aliphatic heterocycles. The van der Waals surface area contributed by atoms with Crippen LogP contribution < -0.4 is 9.47 Å². The van der Waals surface area contributed by atoms with Gasteiger partial charge in [-0.1, -0.05) is 24.3 Å². The number of ether oxygens (including phenoxy) is 2. The smallest absolute Gasteiger partial charge is 0.270 e. The van der Waals surface area contributed by atoms with Gasteiger partial charge in [0.1, 0.15) is 0 Å². The Morgan fingerprint density at radius 3 is 2.32 bits per heavy atom. The van der Waals surface area contributed by atoms with Crippen molar-refractivity contribution in [3.8, 4) is 11.5 Å². The molecule has 2 aromatic rings. The third kappa shape index (κ3) is 3.09. The van der Waals surface area contributed by atoms with Crippen LogP contribution in [0.15, 0.2) is 48.5 Å². The lowest BCUT2D eigenvalue weighted by Gasteiger charge is -2.12. The number of hydrogen-bond donors (Lipinski definition) is 0. The number of benzene rings is 2. The Morgan fingerprint density at radius 2 is 1.73 bits per heavy atom. The van der Waals surface area contributed by atoms with Crippen LogP contribution in [0.5, 0.6) is 11.5 Å². The molecule has 0 atom stereocenters. The second-order valence-electron chi connectivity index (χ2n) is 4.58. The third-order valence-corrected chi connectivity index (χ3v) is 3.35. The highest BCUT2D eigenvalue weighted by molar-refractivity contribution is 5.81. The maximum Gasteiger partial charge on any atom is 0.270 e. The fourth-order valence-electron chi connectivity index (χ4n) is 2.29. The van der Waals surface area contributed by atoms with Gasteiger partial charge in [-0.05, 0) is 35.8 Å². The van der Waals surface area contributed by atoms with Crippen molar-refractivity contribution in [2.45, 2.75) is 6.92 Å². The molecule has 0 aromatic heterocycles. The lowest BCUT2D eigenvalue weighted by molar-refractivity contribution is -0.384. The molecule has 0 heterocycles. The summed E-state index contributed by atoms with van der Waals surface area (Å²) in [5.74, 6) is 1.26. The molecule has 2 aromatic carbocycles. The van der Waals surface area contributed by atoms with Gasteiger partial charge in [-0.3, -0.25) is 10.1 Å². The maximum atomic E-state index is 10.9. The second-order valence-corrected chi connectivity index (χ2v) is 4.58. The van der Waals surface area contributed by atoms with Gasteiger partial charge in [-0.15, -0.1) is 0 Å². The van der Waals surface area contributed by atoms with E-state index in [2.05, 4.69) is 0 Å². The molecule has 114 valence electrons. The minimum Gasteiger partial charge on any atom is -0.493 e. The van der Waals surface area contributed by atoms with Crippen LogP contribution in [-0.2, 0) is 0 Å². The molecule has 0 fully saturated rings. The molecule has 2 rings (SSSR count). The molecule has 0 aliphatic rings. The van der Waals surface area contributed by atoms with Crippen molar-refractivity contribution in [3.63, 3.8) is 0 Å². The van der Waals surface area contributed by atoms with Gasteiger partial charge in [0.25, 0.3) is 5.69 Å². The fraction of sp³-hybridized carbons (Fsp3) is 0.176. The van der Waals surface area contributed by atoms with E-state index in [-0.39, 0.29) is 5.69 Å². The van der Waals surface area contributed by atoms with E-state index in [1.165, 1.54) is 6.07 Å². The van der Waals surface area contributed by atoms with Gasteiger partial charge < -0.3 is 9.47 Å². The van der Waals surface area contributed by atoms with Crippen LogP contribution in [0.1, 0.15) is 18.1 Å². The van der Waals surface area contributed by atoms with E-state index in [0.29, 0.717) is 11.5 Å². The summed E-state index contributed by atoms with van der Waals surface area (Å²) in [5.41, 5.74) is 2.64. The van der Waals surface area contributed by atoms with E-state index in [1.807, 2.05) is 37.3 Å². The molecule has 0 amide bonds. The molecule has 0 saturated heterocycles. The standard InChI is InChI=1S/C17H17NO4/c1-4-15(12-6-5-7-14(10-12)18(19)20)13-8-9-16(21-2)17(11-13)22-3/h4-11H,1-3H3. The van der Waals surface area contributed by atoms with Gasteiger partial charge in [0.2, 0.25) is 0 Å². The Hall–Kier alpha value is -2.82. The largest absolute Gasteiger partial charge is 0.493 e. The number of nitro groups is 1. The zero-order valence-electron chi connectivity index (χ0n) is 12.7. The molecular formula is C17H17NO4. The minimum atomic E-state index is -0.397. The number of non-ortho nitro benzene ring substituents is 1. The highest BCUT2D eigenvalue weighted by Crippen LogP contribution is 2.33. The van der Waals surface area contributed by atoms with Gasteiger partial charge in [-0.2, -0.15) is 0 Å². The average molecular weight is 299 g/mol. The zero-order valence-corrected chi connectivity index (χ0v) is 12.7. The Labute approximate surface area is 129 Å². The van der Waals surface area contributed by atoms with Gasteiger partial charge >= 0.3 is 0 Å².